The Hall–Kier alpha value is -0.290. The maximum absolute atomic E-state index is 12.2. The number of morpholine rings is 1. The van der Waals surface area contributed by atoms with Crippen molar-refractivity contribution in [3.8, 4) is 0 Å². The molecular weight excluding hydrogens is 183 g/mol. The monoisotopic (exact) mass is 195 g/mol. The van der Waals surface area contributed by atoms with Crippen molar-refractivity contribution in [1.82, 2.24) is 5.32 Å². The van der Waals surface area contributed by atoms with Gasteiger partial charge in [0.2, 0.25) is 0 Å². The number of ether oxygens (including phenoxy) is 1. The van der Waals surface area contributed by atoms with E-state index >= 15 is 0 Å². The molecule has 1 saturated heterocycles. The number of hydrogen-bond donors (Lipinski definition) is 1. The second-order valence-electron chi connectivity index (χ2n) is 3.70. The van der Waals surface area contributed by atoms with Gasteiger partial charge in [0.25, 0.3) is 0 Å². The van der Waals surface area contributed by atoms with Crippen molar-refractivity contribution in [2.45, 2.75) is 31.2 Å². The molecule has 0 aromatic carbocycles. The summed E-state index contributed by atoms with van der Waals surface area (Å²) in [7, 11) is 0. The van der Waals surface area contributed by atoms with Crippen LogP contribution in [0.1, 0.15) is 12.8 Å². The Morgan fingerprint density at radius 1 is 1.15 bits per heavy atom. The van der Waals surface area contributed by atoms with Gasteiger partial charge in [-0.25, -0.2) is 0 Å². The normalized spacial score (nSPS) is 36.2. The van der Waals surface area contributed by atoms with Crippen molar-refractivity contribution < 1.29 is 17.9 Å². The molecule has 0 amide bonds. The molecule has 1 N–H and O–H groups in total. The number of alkyl halides is 3. The Morgan fingerprint density at radius 3 is 2.38 bits per heavy atom. The van der Waals surface area contributed by atoms with E-state index in [0.717, 1.165) is 12.8 Å². The lowest BCUT2D eigenvalue weighted by atomic mass is 10.1. The summed E-state index contributed by atoms with van der Waals surface area (Å²) in [5, 5.41) is 2.77. The number of nitrogens with one attached hydrogen (secondary N) is 1. The van der Waals surface area contributed by atoms with Gasteiger partial charge in [-0.3, -0.25) is 0 Å². The molecule has 1 aliphatic carbocycles. The first-order valence-corrected chi connectivity index (χ1v) is 4.50. The molecular formula is C8H12F3NO. The summed E-state index contributed by atoms with van der Waals surface area (Å²) in [5.74, 6) is 0.359. The molecule has 0 radical (unpaired) electrons. The molecule has 0 aromatic heterocycles. The van der Waals surface area contributed by atoms with Crippen molar-refractivity contribution in [2.24, 2.45) is 5.92 Å². The fourth-order valence-electron chi connectivity index (χ4n) is 1.60. The van der Waals surface area contributed by atoms with Crippen LogP contribution in [0.5, 0.6) is 0 Å². The molecule has 0 bridgehead atoms. The third-order valence-electron chi connectivity index (χ3n) is 2.53. The van der Waals surface area contributed by atoms with Crippen LogP contribution in [0.3, 0.4) is 0 Å². The van der Waals surface area contributed by atoms with Crippen LogP contribution in [0.25, 0.3) is 0 Å². The van der Waals surface area contributed by atoms with Gasteiger partial charge in [-0.15, -0.1) is 0 Å². The SMILES string of the molecule is FC(F)(F)C1CNCC(C2CC2)O1. The van der Waals surface area contributed by atoms with Crippen molar-refractivity contribution in [1.29, 1.82) is 0 Å². The van der Waals surface area contributed by atoms with Gasteiger partial charge in [0, 0.05) is 13.1 Å². The second-order valence-corrected chi connectivity index (χ2v) is 3.70. The van der Waals surface area contributed by atoms with Crippen LogP contribution in [-0.4, -0.2) is 31.5 Å². The second kappa shape index (κ2) is 3.13. The Kier molecular flexibility index (Phi) is 2.23. The topological polar surface area (TPSA) is 21.3 Å². The van der Waals surface area contributed by atoms with Gasteiger partial charge in [-0.05, 0) is 18.8 Å². The molecule has 5 heteroatoms. The van der Waals surface area contributed by atoms with E-state index in [1.165, 1.54) is 0 Å². The highest BCUT2D eigenvalue weighted by molar-refractivity contribution is 4.88. The molecule has 0 aromatic rings. The zero-order chi connectivity index (χ0) is 9.47. The third-order valence-corrected chi connectivity index (χ3v) is 2.53. The number of rotatable bonds is 1. The predicted octanol–water partition coefficient (Wildman–Crippen LogP) is 1.32. The molecule has 2 atom stereocenters. The maximum atomic E-state index is 12.2. The quantitative estimate of drug-likeness (QED) is 0.681. The summed E-state index contributed by atoms with van der Waals surface area (Å²) in [6.45, 7) is 0.462. The lowest BCUT2D eigenvalue weighted by Crippen LogP contribution is -2.51. The molecule has 2 rings (SSSR count). The first-order chi connectivity index (χ1) is 6.07. The van der Waals surface area contributed by atoms with Crippen LogP contribution < -0.4 is 5.32 Å². The molecule has 1 saturated carbocycles. The summed E-state index contributed by atoms with van der Waals surface area (Å²) in [6, 6.07) is 0. The Balaban J connectivity index is 1.91. The summed E-state index contributed by atoms with van der Waals surface area (Å²) < 4.78 is 41.7. The molecule has 76 valence electrons. The fraction of sp³-hybridized carbons (Fsp3) is 1.00. The van der Waals surface area contributed by atoms with E-state index in [-0.39, 0.29) is 12.6 Å². The van der Waals surface area contributed by atoms with Gasteiger partial charge in [-0.2, -0.15) is 13.2 Å². The van der Waals surface area contributed by atoms with E-state index in [0.29, 0.717) is 12.5 Å². The van der Waals surface area contributed by atoms with Crippen LogP contribution in [0.15, 0.2) is 0 Å². The summed E-state index contributed by atoms with van der Waals surface area (Å²) >= 11 is 0. The van der Waals surface area contributed by atoms with Crippen molar-refractivity contribution in [3.05, 3.63) is 0 Å². The van der Waals surface area contributed by atoms with E-state index in [2.05, 4.69) is 5.32 Å². The summed E-state index contributed by atoms with van der Waals surface area (Å²) in [6.07, 6.45) is -4.03. The molecule has 1 aliphatic heterocycles. The molecule has 1 heterocycles. The number of halogens is 3. The van der Waals surface area contributed by atoms with Crippen molar-refractivity contribution in [3.63, 3.8) is 0 Å². The molecule has 13 heavy (non-hydrogen) atoms. The van der Waals surface area contributed by atoms with Gasteiger partial charge in [0.05, 0.1) is 6.10 Å². The average molecular weight is 195 g/mol. The maximum Gasteiger partial charge on any atom is 0.415 e. The molecule has 0 spiro atoms. The van der Waals surface area contributed by atoms with Crippen molar-refractivity contribution in [2.75, 3.05) is 13.1 Å². The summed E-state index contributed by atoms with van der Waals surface area (Å²) in [5.41, 5.74) is 0. The molecule has 2 fully saturated rings. The first-order valence-electron chi connectivity index (χ1n) is 4.50. The van der Waals surface area contributed by atoms with Gasteiger partial charge in [0.1, 0.15) is 0 Å². The van der Waals surface area contributed by atoms with Gasteiger partial charge >= 0.3 is 6.18 Å². The minimum atomic E-state index is -4.22. The van der Waals surface area contributed by atoms with E-state index < -0.39 is 12.3 Å². The highest BCUT2D eigenvalue weighted by atomic mass is 19.4. The van der Waals surface area contributed by atoms with Crippen LogP contribution in [0.2, 0.25) is 0 Å². The van der Waals surface area contributed by atoms with Gasteiger partial charge in [-0.1, -0.05) is 0 Å². The number of hydrogen-bond acceptors (Lipinski definition) is 2. The van der Waals surface area contributed by atoms with Gasteiger partial charge < -0.3 is 10.1 Å². The Labute approximate surface area is 74.4 Å². The van der Waals surface area contributed by atoms with E-state index in [9.17, 15) is 13.2 Å². The minimum Gasteiger partial charge on any atom is -0.363 e. The lowest BCUT2D eigenvalue weighted by molar-refractivity contribution is -0.241. The lowest BCUT2D eigenvalue weighted by Gasteiger charge is -2.32. The van der Waals surface area contributed by atoms with Gasteiger partial charge in [0.15, 0.2) is 6.10 Å². The smallest absolute Gasteiger partial charge is 0.363 e. The van der Waals surface area contributed by atoms with Crippen LogP contribution >= 0.6 is 0 Å². The van der Waals surface area contributed by atoms with E-state index in [1.54, 1.807) is 0 Å². The molecule has 2 unspecified atom stereocenters. The summed E-state index contributed by atoms with van der Waals surface area (Å²) in [4.78, 5) is 0. The van der Waals surface area contributed by atoms with Crippen LogP contribution in [0, 0.1) is 5.92 Å². The van der Waals surface area contributed by atoms with E-state index in [4.69, 9.17) is 4.74 Å². The standard InChI is InChI=1S/C8H12F3NO/c9-8(10,11)7-4-12-3-6(13-7)5-1-2-5/h5-7,12H,1-4H2. The average Bonchev–Trinajstić information content (AvgIpc) is 2.85. The van der Waals surface area contributed by atoms with Crippen LogP contribution in [0.4, 0.5) is 13.2 Å². The minimum absolute atomic E-state index is 0.104. The highest BCUT2D eigenvalue weighted by Crippen LogP contribution is 2.37. The fourth-order valence-corrected chi connectivity index (χ4v) is 1.60. The Morgan fingerprint density at radius 2 is 1.85 bits per heavy atom. The molecule has 2 nitrogen and oxygen atoms in total. The third kappa shape index (κ3) is 2.14. The molecule has 2 aliphatic rings. The highest BCUT2D eigenvalue weighted by Gasteiger charge is 2.46. The predicted molar refractivity (Wildman–Crippen MR) is 40.3 cm³/mol. The largest absolute Gasteiger partial charge is 0.415 e. The van der Waals surface area contributed by atoms with E-state index in [1.807, 2.05) is 0 Å². The van der Waals surface area contributed by atoms with Crippen LogP contribution in [-0.2, 0) is 4.74 Å². The zero-order valence-corrected chi connectivity index (χ0v) is 7.10. The van der Waals surface area contributed by atoms with Crippen molar-refractivity contribution >= 4 is 0 Å². The zero-order valence-electron chi connectivity index (χ0n) is 7.10. The first kappa shape index (κ1) is 9.27. The Bertz CT molecular complexity index is 190.